The summed E-state index contributed by atoms with van der Waals surface area (Å²) in [7, 11) is 0. The quantitative estimate of drug-likeness (QED) is 0.664. The molecule has 0 atom stereocenters. The molecule has 2 rings (SSSR count). The first-order valence-corrected chi connectivity index (χ1v) is 4.54. The van der Waals surface area contributed by atoms with Crippen molar-refractivity contribution in [1.82, 2.24) is 15.0 Å². The van der Waals surface area contributed by atoms with Gasteiger partial charge in [0.15, 0.2) is 5.65 Å². The lowest BCUT2D eigenvalue weighted by molar-refractivity contribution is 0.311. The zero-order chi connectivity index (χ0) is 9.97. The van der Waals surface area contributed by atoms with Crippen LogP contribution in [-0.2, 0) is 0 Å². The topological polar surface area (TPSA) is 73.8 Å². The van der Waals surface area contributed by atoms with Crippen molar-refractivity contribution in [1.29, 1.82) is 0 Å². The minimum atomic E-state index is 0.0607. The Morgan fingerprint density at radius 2 is 2.29 bits per heavy atom. The summed E-state index contributed by atoms with van der Waals surface area (Å²) in [5.41, 5.74) is 1.38. The second-order valence-corrected chi connectivity index (χ2v) is 3.13. The molecule has 0 aromatic carbocycles. The molecular formula is C8H9ClN4O. The number of aliphatic hydroxyl groups excluding tert-OH is 1. The minimum Gasteiger partial charge on any atom is -0.395 e. The van der Waals surface area contributed by atoms with Crippen molar-refractivity contribution in [3.63, 3.8) is 0 Å². The van der Waals surface area contributed by atoms with Crippen molar-refractivity contribution in [3.05, 3.63) is 17.3 Å². The van der Waals surface area contributed by atoms with Crippen molar-refractivity contribution in [3.8, 4) is 0 Å². The molecule has 2 aromatic heterocycles. The Bertz CT molecular complexity index is 442. The molecule has 0 aliphatic heterocycles. The number of H-pyrrole nitrogens is 1. The van der Waals surface area contributed by atoms with Crippen LogP contribution in [0.2, 0.25) is 5.15 Å². The van der Waals surface area contributed by atoms with E-state index in [0.717, 1.165) is 5.52 Å². The largest absolute Gasteiger partial charge is 0.395 e. The standard InChI is InChI=1S/C8H9ClN4O/c9-6-2-1-5-7(12-6)13-8(11-5)10-3-4-14/h1-2,14H,3-4H2,(H2,10,11,12,13). The van der Waals surface area contributed by atoms with Crippen LogP contribution in [0.3, 0.4) is 0 Å². The fourth-order valence-corrected chi connectivity index (χ4v) is 1.27. The molecule has 0 unspecified atom stereocenters. The van der Waals surface area contributed by atoms with Gasteiger partial charge in [-0.25, -0.2) is 4.98 Å². The Hall–Kier alpha value is -1.33. The normalized spacial score (nSPS) is 10.7. The highest BCUT2D eigenvalue weighted by atomic mass is 35.5. The number of nitrogens with one attached hydrogen (secondary N) is 2. The molecule has 0 radical (unpaired) electrons. The number of aromatic amines is 1. The van der Waals surface area contributed by atoms with Gasteiger partial charge in [0.2, 0.25) is 5.95 Å². The third-order valence-electron chi connectivity index (χ3n) is 1.72. The molecule has 14 heavy (non-hydrogen) atoms. The van der Waals surface area contributed by atoms with Crippen LogP contribution in [-0.4, -0.2) is 33.2 Å². The van der Waals surface area contributed by atoms with Crippen LogP contribution in [0.1, 0.15) is 0 Å². The highest BCUT2D eigenvalue weighted by Gasteiger charge is 2.02. The molecule has 2 heterocycles. The summed E-state index contributed by atoms with van der Waals surface area (Å²) in [5, 5.41) is 11.9. The van der Waals surface area contributed by atoms with Crippen molar-refractivity contribution in [2.24, 2.45) is 0 Å². The van der Waals surface area contributed by atoms with E-state index in [4.69, 9.17) is 16.7 Å². The van der Waals surface area contributed by atoms with Gasteiger partial charge in [-0.2, -0.15) is 4.98 Å². The first-order valence-electron chi connectivity index (χ1n) is 4.16. The van der Waals surface area contributed by atoms with E-state index in [1.165, 1.54) is 0 Å². The SMILES string of the molecule is OCCNc1nc2nc(Cl)ccc2[nH]1. The molecule has 0 fully saturated rings. The van der Waals surface area contributed by atoms with E-state index in [1.54, 1.807) is 6.07 Å². The van der Waals surface area contributed by atoms with Gasteiger partial charge in [-0.05, 0) is 12.1 Å². The van der Waals surface area contributed by atoms with Crippen molar-refractivity contribution >= 4 is 28.7 Å². The molecule has 0 spiro atoms. The van der Waals surface area contributed by atoms with Crippen LogP contribution in [0.5, 0.6) is 0 Å². The predicted molar refractivity (Wildman–Crippen MR) is 54.5 cm³/mol. The number of imidazole rings is 1. The Morgan fingerprint density at radius 3 is 3.07 bits per heavy atom. The fraction of sp³-hybridized carbons (Fsp3) is 0.250. The maximum Gasteiger partial charge on any atom is 0.202 e. The average molecular weight is 213 g/mol. The van der Waals surface area contributed by atoms with Crippen LogP contribution in [0.15, 0.2) is 12.1 Å². The van der Waals surface area contributed by atoms with Gasteiger partial charge in [-0.3, -0.25) is 0 Å². The van der Waals surface area contributed by atoms with Gasteiger partial charge in [-0.1, -0.05) is 11.6 Å². The molecule has 3 N–H and O–H groups in total. The summed E-state index contributed by atoms with van der Waals surface area (Å²) in [6.07, 6.45) is 0. The second-order valence-electron chi connectivity index (χ2n) is 2.74. The lowest BCUT2D eigenvalue weighted by Crippen LogP contribution is -2.06. The van der Waals surface area contributed by atoms with Gasteiger partial charge in [-0.15, -0.1) is 0 Å². The molecular weight excluding hydrogens is 204 g/mol. The van der Waals surface area contributed by atoms with E-state index < -0.39 is 0 Å². The lowest BCUT2D eigenvalue weighted by atomic mass is 10.4. The summed E-state index contributed by atoms with van der Waals surface area (Å²) >= 11 is 5.71. The number of pyridine rings is 1. The van der Waals surface area contributed by atoms with Crippen LogP contribution < -0.4 is 5.32 Å². The van der Waals surface area contributed by atoms with Gasteiger partial charge < -0.3 is 15.4 Å². The molecule has 0 saturated heterocycles. The van der Waals surface area contributed by atoms with Crippen molar-refractivity contribution < 1.29 is 5.11 Å². The third-order valence-corrected chi connectivity index (χ3v) is 1.93. The molecule has 0 amide bonds. The third kappa shape index (κ3) is 1.78. The van der Waals surface area contributed by atoms with Gasteiger partial charge >= 0.3 is 0 Å². The summed E-state index contributed by atoms with van der Waals surface area (Å²) in [5.74, 6) is 0.587. The number of rotatable bonds is 3. The molecule has 0 aliphatic carbocycles. The van der Waals surface area contributed by atoms with Crippen LogP contribution in [0, 0.1) is 0 Å². The summed E-state index contributed by atoms with van der Waals surface area (Å²) in [6, 6.07) is 3.50. The highest BCUT2D eigenvalue weighted by Crippen LogP contribution is 2.14. The number of hydrogen-bond acceptors (Lipinski definition) is 4. The number of aromatic nitrogens is 3. The molecule has 6 heteroatoms. The minimum absolute atomic E-state index is 0.0607. The number of anilines is 1. The fourth-order valence-electron chi connectivity index (χ4n) is 1.13. The number of hydrogen-bond donors (Lipinski definition) is 3. The van der Waals surface area contributed by atoms with Gasteiger partial charge in [0.1, 0.15) is 5.15 Å². The number of fused-ring (bicyclic) bond motifs is 1. The zero-order valence-electron chi connectivity index (χ0n) is 7.29. The number of aliphatic hydroxyl groups is 1. The van der Waals surface area contributed by atoms with E-state index in [-0.39, 0.29) is 6.61 Å². The first-order chi connectivity index (χ1) is 6.79. The van der Waals surface area contributed by atoms with Crippen LogP contribution in [0.4, 0.5) is 5.95 Å². The van der Waals surface area contributed by atoms with E-state index in [2.05, 4.69) is 20.3 Å². The van der Waals surface area contributed by atoms with Crippen LogP contribution in [0.25, 0.3) is 11.2 Å². The number of halogens is 1. The molecule has 0 aliphatic rings. The van der Waals surface area contributed by atoms with E-state index in [9.17, 15) is 0 Å². The predicted octanol–water partition coefficient (Wildman–Crippen LogP) is 1.02. The summed E-state index contributed by atoms with van der Waals surface area (Å²) < 4.78 is 0. The molecule has 2 aromatic rings. The second kappa shape index (κ2) is 3.81. The maximum absolute atomic E-state index is 8.61. The van der Waals surface area contributed by atoms with Crippen LogP contribution >= 0.6 is 11.6 Å². The van der Waals surface area contributed by atoms with Gasteiger partial charge in [0, 0.05) is 6.54 Å². The summed E-state index contributed by atoms with van der Waals surface area (Å²) in [4.78, 5) is 11.2. The van der Waals surface area contributed by atoms with Crippen molar-refractivity contribution in [2.45, 2.75) is 0 Å². The Kier molecular flexibility index (Phi) is 2.51. The molecule has 74 valence electrons. The van der Waals surface area contributed by atoms with Gasteiger partial charge in [0.05, 0.1) is 12.1 Å². The monoisotopic (exact) mass is 212 g/mol. The molecule has 5 nitrogen and oxygen atoms in total. The Morgan fingerprint density at radius 1 is 1.43 bits per heavy atom. The van der Waals surface area contributed by atoms with E-state index in [1.807, 2.05) is 6.07 Å². The smallest absolute Gasteiger partial charge is 0.202 e. The maximum atomic E-state index is 8.61. The zero-order valence-corrected chi connectivity index (χ0v) is 8.04. The average Bonchev–Trinajstić information content (AvgIpc) is 2.56. The Balaban J connectivity index is 2.32. The van der Waals surface area contributed by atoms with E-state index >= 15 is 0 Å². The Labute approximate surface area is 85.1 Å². The molecule has 0 saturated carbocycles. The summed E-state index contributed by atoms with van der Waals surface area (Å²) in [6.45, 7) is 0.513. The van der Waals surface area contributed by atoms with Crippen molar-refractivity contribution in [2.75, 3.05) is 18.5 Å². The molecule has 0 bridgehead atoms. The van der Waals surface area contributed by atoms with Gasteiger partial charge in [0.25, 0.3) is 0 Å². The van der Waals surface area contributed by atoms with E-state index in [0.29, 0.717) is 23.3 Å². The lowest BCUT2D eigenvalue weighted by Gasteiger charge is -1.96. The number of nitrogens with zero attached hydrogens (tertiary/aromatic N) is 2. The first kappa shape index (κ1) is 9.23. The highest BCUT2D eigenvalue weighted by molar-refractivity contribution is 6.29.